The van der Waals surface area contributed by atoms with E-state index < -0.39 is 6.10 Å². The molecule has 0 fully saturated rings. The van der Waals surface area contributed by atoms with Crippen LogP contribution in [0.25, 0.3) is 21.5 Å². The fourth-order valence-electron chi connectivity index (χ4n) is 5.51. The molecule has 0 aliphatic heterocycles. The van der Waals surface area contributed by atoms with E-state index >= 15 is 0 Å². The van der Waals surface area contributed by atoms with Crippen LogP contribution < -0.4 is 0 Å². The molecule has 3 rings (SSSR count). The highest BCUT2D eigenvalue weighted by atomic mass is 79.9. The zero-order valence-corrected chi connectivity index (χ0v) is 25.1. The molecule has 3 heteroatoms. The van der Waals surface area contributed by atoms with Gasteiger partial charge in [0.15, 0.2) is 0 Å². The molecule has 0 spiro atoms. The van der Waals surface area contributed by atoms with Gasteiger partial charge in [0.2, 0.25) is 0 Å². The maximum absolute atomic E-state index is 11.3. The monoisotopic (exact) mass is 567 g/mol. The number of rotatable bonds is 19. The summed E-state index contributed by atoms with van der Waals surface area (Å²) in [5, 5.41) is 16.2. The van der Waals surface area contributed by atoms with Gasteiger partial charge in [-0.05, 0) is 65.2 Å². The predicted octanol–water partition coefficient (Wildman–Crippen LogP) is 10.6. The lowest BCUT2D eigenvalue weighted by Crippen LogP contribution is -2.31. The molecular weight excluding hydrogens is 518 g/mol. The van der Waals surface area contributed by atoms with Gasteiger partial charge in [-0.15, -0.1) is 0 Å². The Kier molecular flexibility index (Phi) is 14.0. The van der Waals surface area contributed by atoms with Crippen molar-refractivity contribution in [2.45, 2.75) is 110 Å². The molecule has 37 heavy (non-hydrogen) atoms. The smallest absolute Gasteiger partial charge is 0.0917 e. The minimum atomic E-state index is -0.457. The third kappa shape index (κ3) is 10.0. The number of unbranched alkanes of at least 4 members (excludes halogenated alkanes) is 12. The minimum Gasteiger partial charge on any atom is -0.387 e. The molecule has 2 nitrogen and oxygen atoms in total. The second-order valence-corrected chi connectivity index (χ2v) is 11.8. The Morgan fingerprint density at radius 3 is 1.78 bits per heavy atom. The van der Waals surface area contributed by atoms with Crippen LogP contribution >= 0.6 is 15.9 Å². The normalized spacial score (nSPS) is 12.7. The Hall–Kier alpha value is -1.42. The molecule has 0 aliphatic rings. The maximum atomic E-state index is 11.3. The molecule has 0 heterocycles. The van der Waals surface area contributed by atoms with E-state index in [9.17, 15) is 5.11 Å². The molecular formula is C34H50BrNO. The fraction of sp³-hybridized carbons (Fsp3) is 0.588. The van der Waals surface area contributed by atoms with Crippen molar-refractivity contribution >= 4 is 37.5 Å². The second kappa shape index (κ2) is 17.2. The summed E-state index contributed by atoms with van der Waals surface area (Å²) < 4.78 is 1.12. The van der Waals surface area contributed by atoms with Crippen molar-refractivity contribution in [3.8, 4) is 0 Å². The summed E-state index contributed by atoms with van der Waals surface area (Å²) in [7, 11) is 0. The van der Waals surface area contributed by atoms with Crippen LogP contribution in [0.4, 0.5) is 0 Å². The third-order valence-electron chi connectivity index (χ3n) is 7.81. The first-order valence-corrected chi connectivity index (χ1v) is 15.9. The topological polar surface area (TPSA) is 23.5 Å². The average molecular weight is 569 g/mol. The SMILES string of the molecule is CCCCCCCCCN(CCCCCCCCC)CC(O)c1ccc2cc(Br)c3ccccc3c2c1. The van der Waals surface area contributed by atoms with Crippen LogP contribution in [0.3, 0.4) is 0 Å². The van der Waals surface area contributed by atoms with E-state index in [-0.39, 0.29) is 0 Å². The Morgan fingerprint density at radius 2 is 1.19 bits per heavy atom. The van der Waals surface area contributed by atoms with Crippen LogP contribution in [0.1, 0.15) is 115 Å². The Balaban J connectivity index is 1.61. The molecule has 1 unspecified atom stereocenters. The van der Waals surface area contributed by atoms with Crippen molar-refractivity contribution in [2.75, 3.05) is 19.6 Å². The Morgan fingerprint density at radius 1 is 0.649 bits per heavy atom. The maximum Gasteiger partial charge on any atom is 0.0917 e. The van der Waals surface area contributed by atoms with Crippen LogP contribution in [0.2, 0.25) is 0 Å². The average Bonchev–Trinajstić information content (AvgIpc) is 2.91. The van der Waals surface area contributed by atoms with Gasteiger partial charge >= 0.3 is 0 Å². The van der Waals surface area contributed by atoms with Crippen LogP contribution in [0.5, 0.6) is 0 Å². The highest BCUT2D eigenvalue weighted by Gasteiger charge is 2.15. The predicted molar refractivity (Wildman–Crippen MR) is 167 cm³/mol. The second-order valence-electron chi connectivity index (χ2n) is 10.9. The molecule has 0 saturated heterocycles. The van der Waals surface area contributed by atoms with Gasteiger partial charge < -0.3 is 10.0 Å². The van der Waals surface area contributed by atoms with Crippen molar-refractivity contribution in [1.29, 1.82) is 0 Å². The minimum absolute atomic E-state index is 0.457. The lowest BCUT2D eigenvalue weighted by Gasteiger charge is -2.26. The van der Waals surface area contributed by atoms with Crippen LogP contribution in [0, 0.1) is 0 Å². The van der Waals surface area contributed by atoms with E-state index in [2.05, 4.69) is 83.2 Å². The van der Waals surface area contributed by atoms with Gasteiger partial charge in [0.25, 0.3) is 0 Å². The molecule has 1 N–H and O–H groups in total. The number of hydrogen-bond donors (Lipinski definition) is 1. The van der Waals surface area contributed by atoms with E-state index in [0.29, 0.717) is 0 Å². The van der Waals surface area contributed by atoms with Gasteiger partial charge in [-0.1, -0.05) is 143 Å². The number of fused-ring (bicyclic) bond motifs is 3. The van der Waals surface area contributed by atoms with Gasteiger partial charge in [-0.3, -0.25) is 0 Å². The van der Waals surface area contributed by atoms with Crippen molar-refractivity contribution in [1.82, 2.24) is 4.90 Å². The zero-order chi connectivity index (χ0) is 26.3. The van der Waals surface area contributed by atoms with E-state index in [1.165, 1.54) is 111 Å². The summed E-state index contributed by atoms with van der Waals surface area (Å²) >= 11 is 3.74. The quantitative estimate of drug-likeness (QED) is 0.115. The summed E-state index contributed by atoms with van der Waals surface area (Å²) in [5.41, 5.74) is 1.03. The van der Waals surface area contributed by atoms with Crippen molar-refractivity contribution in [3.63, 3.8) is 0 Å². The van der Waals surface area contributed by atoms with E-state index in [4.69, 9.17) is 0 Å². The van der Waals surface area contributed by atoms with E-state index in [0.717, 1.165) is 29.7 Å². The van der Waals surface area contributed by atoms with E-state index in [1.807, 2.05) is 0 Å². The highest BCUT2D eigenvalue weighted by molar-refractivity contribution is 9.10. The number of hydrogen-bond acceptors (Lipinski definition) is 2. The van der Waals surface area contributed by atoms with Gasteiger partial charge in [0.1, 0.15) is 0 Å². The molecule has 0 amide bonds. The number of halogens is 1. The summed E-state index contributed by atoms with van der Waals surface area (Å²) in [5.74, 6) is 0. The fourth-order valence-corrected chi connectivity index (χ4v) is 6.10. The summed E-state index contributed by atoms with van der Waals surface area (Å²) in [6.07, 6.45) is 18.2. The zero-order valence-electron chi connectivity index (χ0n) is 23.5. The van der Waals surface area contributed by atoms with Gasteiger partial charge in [-0.2, -0.15) is 0 Å². The number of benzene rings is 3. The summed E-state index contributed by atoms with van der Waals surface area (Å²) in [6, 6.07) is 17.2. The first-order valence-electron chi connectivity index (χ1n) is 15.1. The molecule has 0 radical (unpaired) electrons. The van der Waals surface area contributed by atoms with Crippen LogP contribution in [0.15, 0.2) is 53.0 Å². The van der Waals surface area contributed by atoms with E-state index in [1.54, 1.807) is 0 Å². The molecule has 0 saturated carbocycles. The Bertz CT molecular complexity index is 1030. The van der Waals surface area contributed by atoms with Gasteiger partial charge in [-0.25, -0.2) is 0 Å². The van der Waals surface area contributed by atoms with Crippen LogP contribution in [-0.4, -0.2) is 29.6 Å². The highest BCUT2D eigenvalue weighted by Crippen LogP contribution is 2.33. The molecule has 0 bridgehead atoms. The first-order chi connectivity index (χ1) is 18.1. The largest absolute Gasteiger partial charge is 0.387 e. The van der Waals surface area contributed by atoms with Crippen LogP contribution in [-0.2, 0) is 0 Å². The lowest BCUT2D eigenvalue weighted by molar-refractivity contribution is 0.110. The van der Waals surface area contributed by atoms with Crippen molar-refractivity contribution in [2.24, 2.45) is 0 Å². The standard InChI is InChI=1S/C34H50BrNO/c1-3-5-7-9-11-13-17-23-36(24-18-14-12-10-8-6-4-2)27-34(37)29-22-21-28-26-33(35)31-20-16-15-19-30(31)32(28)25-29/h15-16,19-22,25-26,34,37H,3-14,17-18,23-24,27H2,1-2H3. The molecule has 0 aliphatic carbocycles. The molecule has 1 atom stereocenters. The van der Waals surface area contributed by atoms with Gasteiger partial charge in [0, 0.05) is 11.0 Å². The third-order valence-corrected chi connectivity index (χ3v) is 8.46. The van der Waals surface area contributed by atoms with Crippen molar-refractivity contribution in [3.05, 3.63) is 58.6 Å². The summed E-state index contributed by atoms with van der Waals surface area (Å²) in [6.45, 7) is 7.49. The summed E-state index contributed by atoms with van der Waals surface area (Å²) in [4.78, 5) is 2.53. The molecule has 3 aromatic rings. The number of aliphatic hydroxyl groups excluding tert-OH is 1. The van der Waals surface area contributed by atoms with Crippen molar-refractivity contribution < 1.29 is 5.11 Å². The molecule has 3 aromatic carbocycles. The van der Waals surface area contributed by atoms with Gasteiger partial charge in [0.05, 0.1) is 6.10 Å². The lowest BCUT2D eigenvalue weighted by atomic mass is 9.98. The number of aliphatic hydroxyl groups is 1. The number of nitrogens with zero attached hydrogens (tertiary/aromatic N) is 1. The first kappa shape index (κ1) is 30.1. The molecule has 204 valence electrons. The Labute approximate surface area is 235 Å². The molecule has 0 aromatic heterocycles.